The molecule has 1 saturated heterocycles. The molecule has 0 aromatic rings. The van der Waals surface area contributed by atoms with Gasteiger partial charge >= 0.3 is 0 Å². The lowest BCUT2D eigenvalue weighted by Crippen LogP contribution is -2.58. The van der Waals surface area contributed by atoms with Crippen LogP contribution in [-0.4, -0.2) is 64.1 Å². The number of primary amides is 1. The third-order valence-corrected chi connectivity index (χ3v) is 3.04. The van der Waals surface area contributed by atoms with Gasteiger partial charge in [-0.25, -0.2) is 0 Å². The smallest absolute Gasteiger partial charge is 0.234 e. The highest BCUT2D eigenvalue weighted by molar-refractivity contribution is 5.79. The van der Waals surface area contributed by atoms with Gasteiger partial charge in [-0.05, 0) is 6.42 Å². The fourth-order valence-corrected chi connectivity index (χ4v) is 2.07. The standard InChI is InChI=1S/C10H19N2O4/c1-2-7(10(11)16)12-3-6(5-13)9(15)8(14)4-12/h6-9,13-15H,1-5H2,(H2,11,16)/t6?,7-,8?,9?/m1/s1. The van der Waals surface area contributed by atoms with Crippen LogP contribution in [0.3, 0.4) is 0 Å². The molecule has 0 bridgehead atoms. The van der Waals surface area contributed by atoms with Crippen LogP contribution < -0.4 is 5.73 Å². The second-order valence-electron chi connectivity index (χ2n) is 4.16. The van der Waals surface area contributed by atoms with E-state index in [1.807, 2.05) is 0 Å². The van der Waals surface area contributed by atoms with Crippen LogP contribution in [0.15, 0.2) is 0 Å². The van der Waals surface area contributed by atoms with E-state index in [0.29, 0.717) is 13.0 Å². The molecule has 1 fully saturated rings. The first-order chi connectivity index (χ1) is 7.51. The third kappa shape index (κ3) is 2.70. The Balaban J connectivity index is 2.72. The van der Waals surface area contributed by atoms with Crippen LogP contribution in [-0.2, 0) is 4.79 Å². The second-order valence-corrected chi connectivity index (χ2v) is 4.16. The fourth-order valence-electron chi connectivity index (χ4n) is 2.07. The molecule has 1 radical (unpaired) electrons. The SMILES string of the molecule is [CH2]C[C@H](C(N)=O)N1CC(O)C(O)C(CO)C1. The van der Waals surface area contributed by atoms with Crippen molar-refractivity contribution in [1.29, 1.82) is 0 Å². The maximum absolute atomic E-state index is 11.1. The molecular weight excluding hydrogens is 212 g/mol. The van der Waals surface area contributed by atoms with Crippen molar-refractivity contribution in [3.63, 3.8) is 0 Å². The minimum absolute atomic E-state index is 0.167. The van der Waals surface area contributed by atoms with Crippen molar-refractivity contribution in [3.8, 4) is 0 Å². The number of nitrogens with two attached hydrogens (primary N) is 1. The van der Waals surface area contributed by atoms with E-state index >= 15 is 0 Å². The van der Waals surface area contributed by atoms with Gasteiger partial charge in [-0.1, -0.05) is 6.92 Å². The van der Waals surface area contributed by atoms with Crippen molar-refractivity contribution in [2.45, 2.75) is 24.7 Å². The molecule has 0 aliphatic carbocycles. The Morgan fingerprint density at radius 2 is 2.12 bits per heavy atom. The number of carbonyl (C=O) groups excluding carboxylic acids is 1. The van der Waals surface area contributed by atoms with Crippen LogP contribution in [0.1, 0.15) is 6.42 Å². The number of amides is 1. The first-order valence-corrected chi connectivity index (χ1v) is 5.30. The zero-order chi connectivity index (χ0) is 12.3. The number of aliphatic hydroxyl groups is 3. The van der Waals surface area contributed by atoms with E-state index in [1.165, 1.54) is 0 Å². The molecule has 6 nitrogen and oxygen atoms in total. The van der Waals surface area contributed by atoms with E-state index in [2.05, 4.69) is 6.92 Å². The van der Waals surface area contributed by atoms with Crippen molar-refractivity contribution in [1.82, 2.24) is 4.90 Å². The Morgan fingerprint density at radius 3 is 2.56 bits per heavy atom. The third-order valence-electron chi connectivity index (χ3n) is 3.04. The van der Waals surface area contributed by atoms with Crippen molar-refractivity contribution >= 4 is 5.91 Å². The lowest BCUT2D eigenvalue weighted by molar-refractivity contribution is -0.131. The van der Waals surface area contributed by atoms with Crippen molar-refractivity contribution in [2.75, 3.05) is 19.7 Å². The van der Waals surface area contributed by atoms with Gasteiger partial charge in [-0.15, -0.1) is 0 Å². The molecule has 93 valence electrons. The lowest BCUT2D eigenvalue weighted by atomic mass is 9.91. The largest absolute Gasteiger partial charge is 0.396 e. The Bertz CT molecular complexity index is 249. The first kappa shape index (κ1) is 13.4. The predicted octanol–water partition coefficient (Wildman–Crippen LogP) is -2.29. The van der Waals surface area contributed by atoms with Gasteiger partial charge in [0.2, 0.25) is 5.91 Å². The highest BCUT2D eigenvalue weighted by atomic mass is 16.3. The number of nitrogens with zero attached hydrogens (tertiary/aromatic N) is 1. The van der Waals surface area contributed by atoms with Crippen LogP contribution in [0.5, 0.6) is 0 Å². The molecule has 0 saturated carbocycles. The number of piperidine rings is 1. The summed E-state index contributed by atoms with van der Waals surface area (Å²) in [6.07, 6.45) is -1.63. The summed E-state index contributed by atoms with van der Waals surface area (Å²) < 4.78 is 0. The highest BCUT2D eigenvalue weighted by Crippen LogP contribution is 2.20. The molecule has 6 heteroatoms. The number of likely N-dealkylation sites (tertiary alicyclic amines) is 1. The Morgan fingerprint density at radius 1 is 1.50 bits per heavy atom. The molecule has 4 atom stereocenters. The molecule has 1 amide bonds. The molecule has 0 spiro atoms. The summed E-state index contributed by atoms with van der Waals surface area (Å²) in [5.74, 6) is -0.965. The van der Waals surface area contributed by atoms with Gasteiger partial charge in [0.05, 0.1) is 18.2 Å². The molecule has 0 aromatic carbocycles. The van der Waals surface area contributed by atoms with Crippen LogP contribution in [0, 0.1) is 12.8 Å². The monoisotopic (exact) mass is 231 g/mol. The Labute approximate surface area is 94.7 Å². The quantitative estimate of drug-likeness (QED) is 0.436. The summed E-state index contributed by atoms with van der Waals surface area (Å²) in [6, 6.07) is -0.559. The molecule has 3 unspecified atom stereocenters. The maximum Gasteiger partial charge on any atom is 0.234 e. The molecule has 5 N–H and O–H groups in total. The van der Waals surface area contributed by atoms with E-state index in [-0.39, 0.29) is 13.2 Å². The van der Waals surface area contributed by atoms with Crippen molar-refractivity contribution < 1.29 is 20.1 Å². The average molecular weight is 231 g/mol. The summed E-state index contributed by atoms with van der Waals surface area (Å²) in [5, 5.41) is 28.2. The fraction of sp³-hybridized carbons (Fsp3) is 0.800. The molecule has 1 rings (SSSR count). The molecule has 0 aromatic heterocycles. The summed E-state index contributed by atoms with van der Waals surface area (Å²) in [5.41, 5.74) is 5.22. The number of hydrogen-bond donors (Lipinski definition) is 4. The van der Waals surface area contributed by atoms with E-state index in [1.54, 1.807) is 4.90 Å². The zero-order valence-electron chi connectivity index (χ0n) is 9.12. The van der Waals surface area contributed by atoms with Crippen LogP contribution in [0.2, 0.25) is 0 Å². The number of carbonyl (C=O) groups is 1. The normalized spacial score (nSPS) is 33.6. The molecule has 16 heavy (non-hydrogen) atoms. The Kier molecular flexibility index (Phi) is 4.67. The average Bonchev–Trinajstić information content (AvgIpc) is 2.23. The van der Waals surface area contributed by atoms with Crippen LogP contribution in [0.25, 0.3) is 0 Å². The van der Waals surface area contributed by atoms with Crippen molar-refractivity contribution in [2.24, 2.45) is 11.7 Å². The van der Waals surface area contributed by atoms with Crippen LogP contribution in [0.4, 0.5) is 0 Å². The predicted molar refractivity (Wildman–Crippen MR) is 57.1 cm³/mol. The lowest BCUT2D eigenvalue weighted by Gasteiger charge is -2.41. The van der Waals surface area contributed by atoms with Gasteiger partial charge in [0, 0.05) is 25.6 Å². The van der Waals surface area contributed by atoms with Gasteiger partial charge in [0.25, 0.3) is 0 Å². The molecule has 1 aliphatic rings. The van der Waals surface area contributed by atoms with Gasteiger partial charge < -0.3 is 21.1 Å². The van der Waals surface area contributed by atoms with Gasteiger partial charge in [-0.2, -0.15) is 0 Å². The van der Waals surface area contributed by atoms with Gasteiger partial charge in [-0.3, -0.25) is 9.69 Å². The summed E-state index contributed by atoms with van der Waals surface area (Å²) in [7, 11) is 0. The number of rotatable bonds is 4. The van der Waals surface area contributed by atoms with Gasteiger partial charge in [0.15, 0.2) is 0 Å². The molecule has 1 aliphatic heterocycles. The first-order valence-electron chi connectivity index (χ1n) is 5.30. The summed E-state index contributed by atoms with van der Waals surface area (Å²) in [4.78, 5) is 12.8. The maximum atomic E-state index is 11.1. The topological polar surface area (TPSA) is 107 Å². The second kappa shape index (κ2) is 5.58. The van der Waals surface area contributed by atoms with Crippen molar-refractivity contribution in [3.05, 3.63) is 6.92 Å². The van der Waals surface area contributed by atoms with Crippen LogP contribution >= 0.6 is 0 Å². The molecule has 1 heterocycles. The summed E-state index contributed by atoms with van der Waals surface area (Å²) in [6.45, 7) is 3.89. The van der Waals surface area contributed by atoms with E-state index in [0.717, 1.165) is 0 Å². The van der Waals surface area contributed by atoms with E-state index in [4.69, 9.17) is 10.8 Å². The van der Waals surface area contributed by atoms with E-state index in [9.17, 15) is 15.0 Å². The van der Waals surface area contributed by atoms with E-state index < -0.39 is 30.1 Å². The van der Waals surface area contributed by atoms with Gasteiger partial charge in [0.1, 0.15) is 0 Å². The minimum atomic E-state index is -0.973. The zero-order valence-corrected chi connectivity index (χ0v) is 9.12. The number of hydrogen-bond acceptors (Lipinski definition) is 5. The minimum Gasteiger partial charge on any atom is -0.396 e. The number of aliphatic hydroxyl groups excluding tert-OH is 3. The summed E-state index contributed by atoms with van der Waals surface area (Å²) >= 11 is 0. The highest BCUT2D eigenvalue weighted by Gasteiger charge is 2.37. The number of β-amino-alcohol motifs (C(OH)–C–C–N with tert-alkyl or cyclic N) is 1. The molecular formula is C10H19N2O4. The Hall–Kier alpha value is -0.690.